The Bertz CT molecular complexity index is 483. The lowest BCUT2D eigenvalue weighted by Gasteiger charge is -2.27. The molecule has 0 aromatic heterocycles. The van der Waals surface area contributed by atoms with E-state index in [1.165, 1.54) is 12.1 Å². The number of morpholine rings is 1. The van der Waals surface area contributed by atoms with Gasteiger partial charge in [0.25, 0.3) is 5.91 Å². The van der Waals surface area contributed by atoms with E-state index in [1.54, 1.807) is 11.0 Å². The Kier molecular flexibility index (Phi) is 3.98. The Morgan fingerprint density at radius 3 is 2.39 bits per heavy atom. The van der Waals surface area contributed by atoms with Gasteiger partial charge in [0.1, 0.15) is 0 Å². The van der Waals surface area contributed by atoms with E-state index < -0.39 is 5.97 Å². The molecule has 0 spiro atoms. The van der Waals surface area contributed by atoms with Crippen molar-refractivity contribution in [3.8, 4) is 0 Å². The van der Waals surface area contributed by atoms with Gasteiger partial charge in [0.2, 0.25) is 0 Å². The van der Waals surface area contributed by atoms with Gasteiger partial charge in [-0.05, 0) is 18.2 Å². The highest BCUT2D eigenvalue weighted by atomic mass is 79.9. The molecule has 18 heavy (non-hydrogen) atoms. The van der Waals surface area contributed by atoms with Crippen LogP contribution in [0.25, 0.3) is 0 Å². The molecular weight excluding hydrogens is 302 g/mol. The van der Waals surface area contributed by atoms with Crippen LogP contribution < -0.4 is 0 Å². The monoisotopic (exact) mass is 313 g/mol. The van der Waals surface area contributed by atoms with Crippen LogP contribution in [0.5, 0.6) is 0 Å². The molecule has 1 fully saturated rings. The summed E-state index contributed by atoms with van der Waals surface area (Å²) in [6, 6.07) is 4.49. The number of hydrogen-bond donors (Lipinski definition) is 1. The topological polar surface area (TPSA) is 66.8 Å². The third kappa shape index (κ3) is 2.88. The van der Waals surface area contributed by atoms with E-state index >= 15 is 0 Å². The fourth-order valence-corrected chi connectivity index (χ4v) is 2.28. The van der Waals surface area contributed by atoms with E-state index in [9.17, 15) is 9.59 Å². The maximum atomic E-state index is 12.2. The molecule has 1 N–H and O–H groups in total. The largest absolute Gasteiger partial charge is 0.478 e. The minimum absolute atomic E-state index is 0.0981. The van der Waals surface area contributed by atoms with Gasteiger partial charge in [-0.25, -0.2) is 4.79 Å². The van der Waals surface area contributed by atoms with Gasteiger partial charge >= 0.3 is 5.97 Å². The van der Waals surface area contributed by atoms with Gasteiger partial charge in [0, 0.05) is 23.1 Å². The van der Waals surface area contributed by atoms with Crippen molar-refractivity contribution in [2.24, 2.45) is 0 Å². The second-order valence-electron chi connectivity index (χ2n) is 3.94. The summed E-state index contributed by atoms with van der Waals surface area (Å²) >= 11 is 3.21. The van der Waals surface area contributed by atoms with E-state index in [0.717, 1.165) is 0 Å². The Labute approximate surface area is 112 Å². The summed E-state index contributed by atoms with van der Waals surface area (Å²) in [4.78, 5) is 24.8. The highest BCUT2D eigenvalue weighted by Gasteiger charge is 2.20. The molecule has 0 aliphatic carbocycles. The third-order valence-corrected chi connectivity index (χ3v) is 3.15. The third-order valence-electron chi connectivity index (χ3n) is 2.69. The molecule has 1 aliphatic rings. The zero-order chi connectivity index (χ0) is 13.1. The fraction of sp³-hybridized carbons (Fsp3) is 0.333. The molecule has 6 heteroatoms. The fourth-order valence-electron chi connectivity index (χ4n) is 1.79. The summed E-state index contributed by atoms with van der Waals surface area (Å²) < 4.78 is 5.76. The van der Waals surface area contributed by atoms with Crippen molar-refractivity contribution >= 4 is 27.8 Å². The highest BCUT2D eigenvalue weighted by Crippen LogP contribution is 2.18. The summed E-state index contributed by atoms with van der Waals surface area (Å²) in [7, 11) is 0. The summed E-state index contributed by atoms with van der Waals surface area (Å²) in [6.45, 7) is 2.11. The van der Waals surface area contributed by atoms with Gasteiger partial charge in [-0.15, -0.1) is 0 Å². The van der Waals surface area contributed by atoms with Crippen molar-refractivity contribution in [3.63, 3.8) is 0 Å². The second-order valence-corrected chi connectivity index (χ2v) is 4.85. The molecule has 1 heterocycles. The predicted molar refractivity (Wildman–Crippen MR) is 67.8 cm³/mol. The smallest absolute Gasteiger partial charge is 0.335 e. The number of carboxylic acid groups (broad SMARTS) is 1. The zero-order valence-electron chi connectivity index (χ0n) is 9.56. The van der Waals surface area contributed by atoms with Gasteiger partial charge in [-0.2, -0.15) is 0 Å². The average Bonchev–Trinajstić information content (AvgIpc) is 2.38. The first kappa shape index (κ1) is 13.0. The number of halogens is 1. The van der Waals surface area contributed by atoms with E-state index in [0.29, 0.717) is 36.3 Å². The van der Waals surface area contributed by atoms with Crippen LogP contribution in [0.2, 0.25) is 0 Å². The molecule has 5 nitrogen and oxygen atoms in total. The van der Waals surface area contributed by atoms with Gasteiger partial charge in [0.15, 0.2) is 0 Å². The molecule has 0 atom stereocenters. The minimum atomic E-state index is -1.05. The number of benzene rings is 1. The van der Waals surface area contributed by atoms with Crippen LogP contribution in [0, 0.1) is 0 Å². The van der Waals surface area contributed by atoms with Gasteiger partial charge in [-0.3, -0.25) is 4.79 Å². The van der Waals surface area contributed by atoms with Crippen LogP contribution in [0.15, 0.2) is 22.7 Å². The first-order valence-electron chi connectivity index (χ1n) is 5.49. The van der Waals surface area contributed by atoms with Crippen LogP contribution >= 0.6 is 15.9 Å². The number of carboxylic acids is 1. The van der Waals surface area contributed by atoms with Gasteiger partial charge in [-0.1, -0.05) is 15.9 Å². The van der Waals surface area contributed by atoms with Gasteiger partial charge in [0.05, 0.1) is 18.8 Å². The van der Waals surface area contributed by atoms with Crippen LogP contribution in [0.3, 0.4) is 0 Å². The Morgan fingerprint density at radius 2 is 1.78 bits per heavy atom. The number of carbonyl (C=O) groups is 2. The van der Waals surface area contributed by atoms with E-state index in [-0.39, 0.29) is 11.5 Å². The molecule has 0 bridgehead atoms. The maximum Gasteiger partial charge on any atom is 0.335 e. The van der Waals surface area contributed by atoms with Crippen molar-refractivity contribution in [2.75, 3.05) is 26.3 Å². The van der Waals surface area contributed by atoms with Crippen LogP contribution in [0.4, 0.5) is 0 Å². The predicted octanol–water partition coefficient (Wildman–Crippen LogP) is 1.62. The molecule has 1 aromatic carbocycles. The molecule has 0 saturated carbocycles. The van der Waals surface area contributed by atoms with Crippen molar-refractivity contribution < 1.29 is 19.4 Å². The summed E-state index contributed by atoms with van der Waals surface area (Å²) in [5.41, 5.74) is 0.477. The number of ether oxygens (including phenoxy) is 1. The van der Waals surface area contributed by atoms with Crippen molar-refractivity contribution in [2.45, 2.75) is 0 Å². The SMILES string of the molecule is O=C(O)c1cc(Br)cc(C(=O)N2CCOCC2)c1. The molecule has 1 amide bonds. The number of hydrogen-bond acceptors (Lipinski definition) is 3. The molecule has 1 aliphatic heterocycles. The van der Waals surface area contributed by atoms with Crippen molar-refractivity contribution in [1.29, 1.82) is 0 Å². The molecule has 1 saturated heterocycles. The minimum Gasteiger partial charge on any atom is -0.478 e. The number of amides is 1. The Hall–Kier alpha value is -1.40. The Morgan fingerprint density at radius 1 is 1.17 bits per heavy atom. The normalized spacial score (nSPS) is 15.5. The zero-order valence-corrected chi connectivity index (χ0v) is 11.1. The second kappa shape index (κ2) is 5.49. The van der Waals surface area contributed by atoms with E-state index in [2.05, 4.69) is 15.9 Å². The summed E-state index contributed by atoms with van der Waals surface area (Å²) in [5, 5.41) is 8.96. The number of carbonyl (C=O) groups excluding carboxylic acids is 1. The first-order chi connectivity index (χ1) is 8.58. The number of aromatic carboxylic acids is 1. The van der Waals surface area contributed by atoms with Crippen LogP contribution in [-0.4, -0.2) is 48.2 Å². The van der Waals surface area contributed by atoms with E-state index in [1.807, 2.05) is 0 Å². The molecule has 0 unspecified atom stereocenters. The van der Waals surface area contributed by atoms with Crippen molar-refractivity contribution in [3.05, 3.63) is 33.8 Å². The highest BCUT2D eigenvalue weighted by molar-refractivity contribution is 9.10. The molecule has 0 radical (unpaired) electrons. The summed E-state index contributed by atoms with van der Waals surface area (Å²) in [5.74, 6) is -1.21. The molecule has 1 aromatic rings. The lowest BCUT2D eigenvalue weighted by atomic mass is 10.1. The van der Waals surface area contributed by atoms with E-state index in [4.69, 9.17) is 9.84 Å². The maximum absolute atomic E-state index is 12.2. The Balaban J connectivity index is 2.26. The molecular formula is C12H12BrNO4. The standard InChI is InChI=1S/C12H12BrNO4/c13-10-6-8(5-9(7-10)12(16)17)11(15)14-1-3-18-4-2-14/h5-7H,1-4H2,(H,16,17). The molecule has 2 rings (SSSR count). The van der Waals surface area contributed by atoms with Crippen molar-refractivity contribution in [1.82, 2.24) is 4.90 Å². The van der Waals surface area contributed by atoms with Gasteiger partial charge < -0.3 is 14.7 Å². The lowest BCUT2D eigenvalue weighted by molar-refractivity contribution is 0.0303. The number of rotatable bonds is 2. The number of nitrogens with zero attached hydrogens (tertiary/aromatic N) is 1. The van der Waals surface area contributed by atoms with Crippen LogP contribution in [-0.2, 0) is 4.74 Å². The quantitative estimate of drug-likeness (QED) is 0.901. The van der Waals surface area contributed by atoms with Crippen LogP contribution in [0.1, 0.15) is 20.7 Å². The first-order valence-corrected chi connectivity index (χ1v) is 6.28. The lowest BCUT2D eigenvalue weighted by Crippen LogP contribution is -2.40. The molecule has 96 valence electrons. The average molecular weight is 314 g/mol. The summed E-state index contributed by atoms with van der Waals surface area (Å²) in [6.07, 6.45) is 0.